The number of benzene rings is 1. The van der Waals surface area contributed by atoms with Crippen LogP contribution in [0, 0.1) is 0 Å². The van der Waals surface area contributed by atoms with Gasteiger partial charge in [-0.3, -0.25) is 9.59 Å². The minimum atomic E-state index is -0.553. The fraction of sp³-hybridized carbons (Fsp3) is 0.438. The van der Waals surface area contributed by atoms with Gasteiger partial charge in [0.15, 0.2) is 6.17 Å². The van der Waals surface area contributed by atoms with Gasteiger partial charge < -0.3 is 10.2 Å². The zero-order valence-electron chi connectivity index (χ0n) is 12.9. The lowest BCUT2D eigenvalue weighted by atomic mass is 10.0. The number of carbonyl (C=O) groups is 2. The molecule has 2 aliphatic heterocycles. The standard InChI is InChI=1S/C16H17N3O3S/c1-16(2)15(17-9-20)19-13(22)12(14(19)23-16)18-11(21)8-10-6-4-3-5-7-10/h3-7,12,14-15H,8H2,1-2H3,(H,18,21)/t12-,14+,15?/m1/s1. The summed E-state index contributed by atoms with van der Waals surface area (Å²) in [6.07, 6.45) is 1.25. The van der Waals surface area contributed by atoms with Crippen LogP contribution in [0.3, 0.4) is 0 Å². The van der Waals surface area contributed by atoms with Crippen molar-refractivity contribution in [2.45, 2.75) is 42.6 Å². The third kappa shape index (κ3) is 2.78. The van der Waals surface area contributed by atoms with Gasteiger partial charge in [-0.15, -0.1) is 11.8 Å². The molecule has 0 bridgehead atoms. The van der Waals surface area contributed by atoms with E-state index in [1.54, 1.807) is 16.7 Å². The van der Waals surface area contributed by atoms with E-state index in [2.05, 4.69) is 10.3 Å². The summed E-state index contributed by atoms with van der Waals surface area (Å²) in [5.41, 5.74) is 0.900. The van der Waals surface area contributed by atoms with Gasteiger partial charge in [0.1, 0.15) is 11.4 Å². The molecule has 1 aromatic carbocycles. The summed E-state index contributed by atoms with van der Waals surface area (Å²) in [6, 6.07) is 8.82. The first-order valence-corrected chi connectivity index (χ1v) is 8.22. The maximum absolute atomic E-state index is 12.3. The highest BCUT2D eigenvalue weighted by Crippen LogP contribution is 2.50. The van der Waals surface area contributed by atoms with Gasteiger partial charge in [0.05, 0.1) is 11.2 Å². The second kappa shape index (κ2) is 5.83. The fourth-order valence-corrected chi connectivity index (χ4v) is 4.55. The van der Waals surface area contributed by atoms with Gasteiger partial charge in [-0.2, -0.15) is 4.99 Å². The van der Waals surface area contributed by atoms with Crippen LogP contribution in [0.15, 0.2) is 35.3 Å². The molecule has 120 valence electrons. The smallest absolute Gasteiger partial charge is 0.250 e. The molecule has 2 aliphatic rings. The molecule has 2 fully saturated rings. The highest BCUT2D eigenvalue weighted by atomic mass is 32.2. The minimum absolute atomic E-state index is 0.181. The SMILES string of the molecule is CC1(C)S[C@H]2[C@H](NC(=O)Cc3ccccc3)C(=O)N2C1N=C=O. The number of isocyanates is 1. The molecule has 1 N–H and O–H groups in total. The van der Waals surface area contributed by atoms with Crippen LogP contribution < -0.4 is 5.32 Å². The zero-order chi connectivity index (χ0) is 16.6. The fourth-order valence-electron chi connectivity index (χ4n) is 2.98. The number of rotatable bonds is 4. The zero-order valence-corrected chi connectivity index (χ0v) is 13.7. The first-order chi connectivity index (χ1) is 10.9. The number of nitrogens with zero attached hydrogens (tertiary/aromatic N) is 2. The van der Waals surface area contributed by atoms with Gasteiger partial charge in [0.2, 0.25) is 12.0 Å². The Bertz CT molecular complexity index is 685. The summed E-state index contributed by atoms with van der Waals surface area (Å²) in [7, 11) is 0. The lowest BCUT2D eigenvalue weighted by Crippen LogP contribution is -2.69. The highest BCUT2D eigenvalue weighted by molar-refractivity contribution is 8.01. The van der Waals surface area contributed by atoms with Crippen LogP contribution in [-0.4, -0.2) is 45.1 Å². The number of β-lactam (4-membered cyclic amide) rings is 1. The molecule has 0 radical (unpaired) electrons. The Morgan fingerprint density at radius 3 is 2.74 bits per heavy atom. The van der Waals surface area contributed by atoms with E-state index in [1.807, 2.05) is 44.2 Å². The first kappa shape index (κ1) is 15.8. The second-order valence-electron chi connectivity index (χ2n) is 6.16. The molecule has 23 heavy (non-hydrogen) atoms. The van der Waals surface area contributed by atoms with E-state index in [1.165, 1.54) is 6.08 Å². The van der Waals surface area contributed by atoms with Crippen molar-refractivity contribution in [1.29, 1.82) is 0 Å². The number of thioether (sulfide) groups is 1. The summed E-state index contributed by atoms with van der Waals surface area (Å²) in [4.78, 5) is 40.4. The number of amides is 2. The molecule has 2 amide bonds. The first-order valence-electron chi connectivity index (χ1n) is 7.34. The lowest BCUT2D eigenvalue weighted by Gasteiger charge is -2.43. The van der Waals surface area contributed by atoms with Crippen LogP contribution in [0.2, 0.25) is 0 Å². The summed E-state index contributed by atoms with van der Waals surface area (Å²) in [6.45, 7) is 3.86. The van der Waals surface area contributed by atoms with E-state index >= 15 is 0 Å². The largest absolute Gasteiger partial charge is 0.341 e. The van der Waals surface area contributed by atoms with Crippen molar-refractivity contribution in [2.75, 3.05) is 0 Å². The van der Waals surface area contributed by atoms with Crippen molar-refractivity contribution < 1.29 is 14.4 Å². The third-order valence-corrected chi connectivity index (χ3v) is 5.65. The Kier molecular flexibility index (Phi) is 4.00. The summed E-state index contributed by atoms with van der Waals surface area (Å²) < 4.78 is -0.378. The van der Waals surface area contributed by atoms with Crippen LogP contribution in [0.5, 0.6) is 0 Å². The molecule has 0 aliphatic carbocycles. The van der Waals surface area contributed by atoms with Crippen molar-refractivity contribution in [3.8, 4) is 0 Å². The molecule has 0 spiro atoms. The van der Waals surface area contributed by atoms with Crippen LogP contribution in [0.4, 0.5) is 0 Å². The third-order valence-electron chi connectivity index (χ3n) is 4.09. The van der Waals surface area contributed by atoms with E-state index in [0.717, 1.165) is 5.56 Å². The van der Waals surface area contributed by atoms with Crippen LogP contribution in [0.25, 0.3) is 0 Å². The Labute approximate surface area is 138 Å². The number of hydrogen-bond donors (Lipinski definition) is 1. The number of hydrogen-bond acceptors (Lipinski definition) is 5. The Morgan fingerprint density at radius 2 is 2.09 bits per heavy atom. The maximum atomic E-state index is 12.3. The molecule has 1 aromatic rings. The van der Waals surface area contributed by atoms with Crippen molar-refractivity contribution in [2.24, 2.45) is 4.99 Å². The van der Waals surface area contributed by atoms with E-state index in [4.69, 9.17) is 0 Å². The molecule has 7 heteroatoms. The molecule has 0 saturated carbocycles. The monoisotopic (exact) mass is 331 g/mol. The van der Waals surface area contributed by atoms with E-state index in [9.17, 15) is 14.4 Å². The Morgan fingerprint density at radius 1 is 1.39 bits per heavy atom. The number of aliphatic imine (C=N–C) groups is 1. The predicted octanol–water partition coefficient (Wildman–Crippen LogP) is 1.07. The van der Waals surface area contributed by atoms with E-state index < -0.39 is 12.2 Å². The minimum Gasteiger partial charge on any atom is -0.341 e. The molecule has 2 saturated heterocycles. The van der Waals surface area contributed by atoms with E-state index in [0.29, 0.717) is 0 Å². The maximum Gasteiger partial charge on any atom is 0.250 e. The summed E-state index contributed by atoms with van der Waals surface area (Å²) in [5, 5.41) is 2.61. The second-order valence-corrected chi connectivity index (χ2v) is 7.93. The van der Waals surface area contributed by atoms with E-state index in [-0.39, 0.29) is 28.4 Å². The Balaban J connectivity index is 1.66. The number of fused-ring (bicyclic) bond motifs is 1. The van der Waals surface area contributed by atoms with Crippen molar-refractivity contribution >= 4 is 29.7 Å². The Hall–Kier alpha value is -2.11. The number of carbonyl (C=O) groups excluding carboxylic acids is 3. The predicted molar refractivity (Wildman–Crippen MR) is 86.3 cm³/mol. The topological polar surface area (TPSA) is 78.8 Å². The van der Waals surface area contributed by atoms with Crippen LogP contribution in [0.1, 0.15) is 19.4 Å². The molecule has 6 nitrogen and oxygen atoms in total. The van der Waals surface area contributed by atoms with Crippen LogP contribution in [-0.2, 0) is 20.8 Å². The molecule has 3 rings (SSSR count). The van der Waals surface area contributed by atoms with Crippen LogP contribution >= 0.6 is 11.8 Å². The van der Waals surface area contributed by atoms with Gasteiger partial charge >= 0.3 is 0 Å². The van der Waals surface area contributed by atoms with Gasteiger partial charge in [-0.25, -0.2) is 4.79 Å². The molecule has 1 unspecified atom stereocenters. The van der Waals surface area contributed by atoms with Gasteiger partial charge in [0.25, 0.3) is 5.91 Å². The average Bonchev–Trinajstić information content (AvgIpc) is 2.75. The summed E-state index contributed by atoms with van der Waals surface area (Å²) >= 11 is 1.54. The lowest BCUT2D eigenvalue weighted by molar-refractivity contribution is -0.150. The van der Waals surface area contributed by atoms with Gasteiger partial charge in [-0.05, 0) is 19.4 Å². The summed E-state index contributed by atoms with van der Waals surface area (Å²) in [5.74, 6) is -0.381. The van der Waals surface area contributed by atoms with Gasteiger partial charge in [0, 0.05) is 0 Å². The van der Waals surface area contributed by atoms with Gasteiger partial charge in [-0.1, -0.05) is 30.3 Å². The van der Waals surface area contributed by atoms with Crippen molar-refractivity contribution in [1.82, 2.24) is 10.2 Å². The molecule has 3 atom stereocenters. The molecule has 2 heterocycles. The van der Waals surface area contributed by atoms with Crippen molar-refractivity contribution in [3.63, 3.8) is 0 Å². The highest BCUT2D eigenvalue weighted by Gasteiger charge is 2.62. The molecular formula is C16H17N3O3S. The molecular weight excluding hydrogens is 314 g/mol. The average molecular weight is 331 g/mol. The normalized spacial score (nSPS) is 27.7. The van der Waals surface area contributed by atoms with Crippen molar-refractivity contribution in [3.05, 3.63) is 35.9 Å². The molecule has 0 aromatic heterocycles. The quantitative estimate of drug-likeness (QED) is 0.508. The number of nitrogens with one attached hydrogen (secondary N) is 1.